The summed E-state index contributed by atoms with van der Waals surface area (Å²) < 4.78 is 0. The van der Waals surface area contributed by atoms with Crippen molar-refractivity contribution in [1.29, 1.82) is 0 Å². The van der Waals surface area contributed by atoms with E-state index in [1.54, 1.807) is 0 Å². The molecule has 0 amide bonds. The van der Waals surface area contributed by atoms with Crippen LogP contribution in [0, 0.1) is 0 Å². The Morgan fingerprint density at radius 1 is 0.208 bits per heavy atom. The molecule has 48 heavy (non-hydrogen) atoms. The maximum atomic E-state index is 3.60. The van der Waals surface area contributed by atoms with Gasteiger partial charge in [-0.1, -0.05) is 207 Å². The summed E-state index contributed by atoms with van der Waals surface area (Å²) in [5.74, 6) is 0. The van der Waals surface area contributed by atoms with Gasteiger partial charge in [0.2, 0.25) is 0 Å². The predicted octanol–water partition coefficient (Wildman–Crippen LogP) is 18.9. The van der Waals surface area contributed by atoms with Crippen LogP contribution in [0.4, 0.5) is 0 Å². The van der Waals surface area contributed by atoms with E-state index < -0.39 is 0 Å². The Morgan fingerprint density at radius 2 is 0.292 bits per heavy atom. The highest BCUT2D eigenvalue weighted by atomic mass is 13.8. The summed E-state index contributed by atoms with van der Waals surface area (Å²) in [7, 11) is 0. The van der Waals surface area contributed by atoms with Crippen LogP contribution in [0.15, 0.2) is 101 Å². The van der Waals surface area contributed by atoms with Crippen molar-refractivity contribution in [3.8, 4) is 0 Å². The van der Waals surface area contributed by atoms with Crippen molar-refractivity contribution in [3.05, 3.63) is 101 Å². The molecule has 0 aliphatic carbocycles. The van der Waals surface area contributed by atoms with Gasteiger partial charge in [-0.25, -0.2) is 0 Å². The zero-order valence-electron chi connectivity index (χ0n) is 35.2. The third-order valence-corrected chi connectivity index (χ3v) is 6.09. The second-order valence-corrected chi connectivity index (χ2v) is 11.4. The van der Waals surface area contributed by atoms with Gasteiger partial charge in [-0.15, -0.1) is 52.6 Å². The van der Waals surface area contributed by atoms with Gasteiger partial charge in [0.1, 0.15) is 0 Å². The fourth-order valence-corrected chi connectivity index (χ4v) is 2.79. The highest BCUT2D eigenvalue weighted by Gasteiger charge is 1.75. The van der Waals surface area contributed by atoms with Crippen LogP contribution in [-0.2, 0) is 0 Å². The van der Waals surface area contributed by atoms with E-state index in [9.17, 15) is 0 Å². The number of hydrogen-bond donors (Lipinski definition) is 0. The molecule has 0 rings (SSSR count). The van der Waals surface area contributed by atoms with Gasteiger partial charge in [-0.3, -0.25) is 0 Å². The van der Waals surface area contributed by atoms with Gasteiger partial charge in [0, 0.05) is 0 Å². The standard InChI is InChI=1S/8C6H12/c8*1-3-5-6-4-2/h8*3H,1,4-6H2,2H3. The largest absolute Gasteiger partial charge is 0.103 e. The second-order valence-electron chi connectivity index (χ2n) is 11.4. The van der Waals surface area contributed by atoms with Crippen LogP contribution in [-0.4, -0.2) is 0 Å². The molecule has 0 saturated carbocycles. The van der Waals surface area contributed by atoms with Gasteiger partial charge in [0.25, 0.3) is 0 Å². The monoisotopic (exact) mass is 673 g/mol. The summed E-state index contributed by atoms with van der Waals surface area (Å²) in [6, 6.07) is 0. The van der Waals surface area contributed by atoms with E-state index in [4.69, 9.17) is 0 Å². The molecule has 288 valence electrons. The second kappa shape index (κ2) is 96.8. The van der Waals surface area contributed by atoms with E-state index in [0.717, 1.165) is 0 Å². The molecule has 0 unspecified atom stereocenters. The molecule has 0 heteroatoms. The quantitative estimate of drug-likeness (QED) is 0.0707. The van der Waals surface area contributed by atoms with Crippen molar-refractivity contribution in [2.45, 2.75) is 209 Å². The average Bonchev–Trinajstić information content (AvgIpc) is 3.12. The van der Waals surface area contributed by atoms with E-state index in [1.807, 2.05) is 48.6 Å². The van der Waals surface area contributed by atoms with Crippen molar-refractivity contribution < 1.29 is 0 Å². The molecule has 0 nitrogen and oxygen atoms in total. The summed E-state index contributed by atoms with van der Waals surface area (Å²) in [6.07, 6.45) is 45.7. The first-order valence-electron chi connectivity index (χ1n) is 20.2. The summed E-state index contributed by atoms with van der Waals surface area (Å²) in [6.45, 7) is 46.3. The van der Waals surface area contributed by atoms with Crippen LogP contribution in [0.25, 0.3) is 0 Å². The lowest BCUT2D eigenvalue weighted by Crippen LogP contribution is -1.61. The SMILES string of the molecule is C=CCCCC.C=CCCCC.C=CCCCC.C=CCCCC.C=CCCCC.C=CCCCC.C=CCCCC.C=CCCCC. The molecule has 0 aromatic rings. The number of hydrogen-bond acceptors (Lipinski definition) is 0. The van der Waals surface area contributed by atoms with Crippen molar-refractivity contribution in [2.24, 2.45) is 0 Å². The third-order valence-electron chi connectivity index (χ3n) is 6.09. The molecular formula is C48H96. The molecule has 0 aromatic carbocycles. The molecule has 0 spiro atoms. The maximum Gasteiger partial charge on any atom is -0.0354 e. The molecule has 0 atom stereocenters. The highest BCUT2D eigenvalue weighted by Crippen LogP contribution is 1.95. The van der Waals surface area contributed by atoms with Gasteiger partial charge in [-0.05, 0) is 51.4 Å². The maximum absolute atomic E-state index is 3.60. The molecule has 0 radical (unpaired) electrons. The average molecular weight is 673 g/mol. The lowest BCUT2D eigenvalue weighted by molar-refractivity contribution is 0.816. The predicted molar refractivity (Wildman–Crippen MR) is 238 cm³/mol. The van der Waals surface area contributed by atoms with Gasteiger partial charge in [0.15, 0.2) is 0 Å². The Balaban J connectivity index is -0.0000000635. The summed E-state index contributed by atoms with van der Waals surface area (Å²) in [5.41, 5.74) is 0. The molecular weight excluding hydrogens is 577 g/mol. The van der Waals surface area contributed by atoms with Crippen LogP contribution >= 0.6 is 0 Å². The first-order valence-corrected chi connectivity index (χ1v) is 20.2. The van der Waals surface area contributed by atoms with Crippen LogP contribution in [0.3, 0.4) is 0 Å². The smallest absolute Gasteiger partial charge is 0.0354 e. The molecule has 0 aliphatic rings. The fraction of sp³-hybridized carbons (Fsp3) is 0.667. The van der Waals surface area contributed by atoms with Crippen molar-refractivity contribution in [2.75, 3.05) is 0 Å². The third kappa shape index (κ3) is 168. The van der Waals surface area contributed by atoms with Crippen molar-refractivity contribution in [3.63, 3.8) is 0 Å². The Labute approximate surface area is 309 Å². The summed E-state index contributed by atoms with van der Waals surface area (Å²) >= 11 is 0. The minimum absolute atomic E-state index is 1.18. The molecule has 0 N–H and O–H groups in total. The van der Waals surface area contributed by atoms with Gasteiger partial charge in [-0.2, -0.15) is 0 Å². The van der Waals surface area contributed by atoms with Crippen LogP contribution in [0.2, 0.25) is 0 Å². The lowest BCUT2D eigenvalue weighted by atomic mass is 10.3. The molecule has 0 aliphatic heterocycles. The van der Waals surface area contributed by atoms with E-state index in [2.05, 4.69) is 108 Å². The number of rotatable bonds is 24. The molecule has 0 fully saturated rings. The first kappa shape index (κ1) is 64.4. The summed E-state index contributed by atoms with van der Waals surface area (Å²) in [4.78, 5) is 0. The Kier molecular flexibility index (Phi) is 130. The summed E-state index contributed by atoms with van der Waals surface area (Å²) in [5, 5.41) is 0. The van der Waals surface area contributed by atoms with Crippen LogP contribution in [0.1, 0.15) is 209 Å². The van der Waals surface area contributed by atoms with E-state index in [0.29, 0.717) is 0 Å². The molecule has 0 heterocycles. The zero-order chi connectivity index (χ0) is 38.6. The minimum Gasteiger partial charge on any atom is -0.103 e. The lowest BCUT2D eigenvalue weighted by Gasteiger charge is -1.81. The number of unbranched alkanes of at least 4 members (excludes halogenated alkanes) is 16. The van der Waals surface area contributed by atoms with E-state index in [1.165, 1.54) is 154 Å². The van der Waals surface area contributed by atoms with Crippen molar-refractivity contribution in [1.82, 2.24) is 0 Å². The minimum atomic E-state index is 1.18. The topological polar surface area (TPSA) is 0 Å². The van der Waals surface area contributed by atoms with Crippen LogP contribution in [0.5, 0.6) is 0 Å². The van der Waals surface area contributed by atoms with Gasteiger partial charge < -0.3 is 0 Å². The Morgan fingerprint density at radius 3 is 0.312 bits per heavy atom. The number of allylic oxidation sites excluding steroid dienone is 8. The normalized spacial score (nSPS) is 8.17. The fourth-order valence-electron chi connectivity index (χ4n) is 2.79. The Hall–Kier alpha value is -2.08. The highest BCUT2D eigenvalue weighted by molar-refractivity contribution is 4.67. The molecule has 0 bridgehead atoms. The van der Waals surface area contributed by atoms with E-state index in [-0.39, 0.29) is 0 Å². The van der Waals surface area contributed by atoms with E-state index >= 15 is 0 Å². The van der Waals surface area contributed by atoms with Gasteiger partial charge in [0.05, 0.1) is 0 Å². The Bertz CT molecular complexity index is 376. The molecule has 0 saturated heterocycles. The first-order chi connectivity index (χ1) is 23.3. The van der Waals surface area contributed by atoms with Gasteiger partial charge >= 0.3 is 0 Å². The van der Waals surface area contributed by atoms with Crippen molar-refractivity contribution >= 4 is 0 Å². The van der Waals surface area contributed by atoms with Crippen LogP contribution < -0.4 is 0 Å². The molecule has 0 aromatic heterocycles. The zero-order valence-corrected chi connectivity index (χ0v) is 35.2.